The van der Waals surface area contributed by atoms with Gasteiger partial charge in [0.2, 0.25) is 0 Å². The van der Waals surface area contributed by atoms with Crippen LogP contribution in [0.4, 0.5) is 11.4 Å². The van der Waals surface area contributed by atoms with E-state index in [0.29, 0.717) is 12.2 Å². The van der Waals surface area contributed by atoms with E-state index in [2.05, 4.69) is 35.8 Å². The summed E-state index contributed by atoms with van der Waals surface area (Å²) in [5.41, 5.74) is 3.57. The molecule has 0 fully saturated rings. The lowest BCUT2D eigenvalue weighted by atomic mass is 9.87. The van der Waals surface area contributed by atoms with Gasteiger partial charge in [-0.15, -0.1) is 0 Å². The Bertz CT molecular complexity index is 1010. The molecule has 0 saturated carbocycles. The van der Waals surface area contributed by atoms with E-state index in [1.54, 1.807) is 36.7 Å². The molecule has 0 radical (unpaired) electrons. The normalized spacial score (nSPS) is 11.8. The average molecular weight is 396 g/mol. The van der Waals surface area contributed by atoms with Crippen molar-refractivity contribution < 1.29 is 8.42 Å². The second kappa shape index (κ2) is 8.02. The average Bonchev–Trinajstić information content (AvgIpc) is 2.67. The lowest BCUT2D eigenvalue weighted by Gasteiger charge is -2.19. The molecule has 0 spiro atoms. The summed E-state index contributed by atoms with van der Waals surface area (Å²) in [6.07, 6.45) is 3.54. The number of anilines is 2. The lowest BCUT2D eigenvalue weighted by molar-refractivity contribution is 0.587. The van der Waals surface area contributed by atoms with Crippen molar-refractivity contribution in [3.63, 3.8) is 0 Å². The smallest absolute Gasteiger partial charge is 0.261 e. The van der Waals surface area contributed by atoms with Crippen LogP contribution in [0.5, 0.6) is 0 Å². The summed E-state index contributed by atoms with van der Waals surface area (Å²) >= 11 is 0. The van der Waals surface area contributed by atoms with E-state index < -0.39 is 10.0 Å². The van der Waals surface area contributed by atoms with Gasteiger partial charge < -0.3 is 5.32 Å². The third-order valence-corrected chi connectivity index (χ3v) is 5.78. The minimum atomic E-state index is -3.62. The highest BCUT2D eigenvalue weighted by atomic mass is 32.2. The Hall–Kier alpha value is -2.86. The van der Waals surface area contributed by atoms with Crippen molar-refractivity contribution in [2.45, 2.75) is 37.6 Å². The number of benzene rings is 2. The fraction of sp³-hybridized carbons (Fsp3) is 0.227. The van der Waals surface area contributed by atoms with Gasteiger partial charge in [0.25, 0.3) is 10.0 Å². The van der Waals surface area contributed by atoms with Crippen LogP contribution in [0, 0.1) is 0 Å². The van der Waals surface area contributed by atoms with Crippen molar-refractivity contribution in [3.05, 3.63) is 84.2 Å². The Kier molecular flexibility index (Phi) is 5.70. The monoisotopic (exact) mass is 395 g/mol. The molecule has 3 aromatic rings. The molecule has 2 N–H and O–H groups in total. The van der Waals surface area contributed by atoms with Gasteiger partial charge in [0.15, 0.2) is 0 Å². The molecular weight excluding hydrogens is 370 g/mol. The van der Waals surface area contributed by atoms with Gasteiger partial charge in [-0.05, 0) is 59.0 Å². The number of hydrogen-bond donors (Lipinski definition) is 2. The highest BCUT2D eigenvalue weighted by Crippen LogP contribution is 2.24. The number of hydrogen-bond acceptors (Lipinski definition) is 4. The summed E-state index contributed by atoms with van der Waals surface area (Å²) in [6, 6.07) is 18.1. The Balaban J connectivity index is 1.65. The van der Waals surface area contributed by atoms with Crippen LogP contribution in [0.25, 0.3) is 0 Å². The first kappa shape index (κ1) is 19.9. The van der Waals surface area contributed by atoms with Crippen LogP contribution >= 0.6 is 0 Å². The first-order chi connectivity index (χ1) is 13.2. The second-order valence-electron chi connectivity index (χ2n) is 7.67. The molecule has 1 heterocycles. The van der Waals surface area contributed by atoms with Crippen LogP contribution in [-0.4, -0.2) is 13.4 Å². The molecule has 0 aliphatic rings. The topological polar surface area (TPSA) is 71.1 Å². The van der Waals surface area contributed by atoms with E-state index in [9.17, 15) is 8.42 Å². The molecule has 0 atom stereocenters. The highest BCUT2D eigenvalue weighted by molar-refractivity contribution is 7.92. The number of nitrogens with one attached hydrogen (secondary N) is 2. The summed E-state index contributed by atoms with van der Waals surface area (Å²) in [6.45, 7) is 6.94. The molecule has 0 saturated heterocycles. The summed E-state index contributed by atoms with van der Waals surface area (Å²) < 4.78 is 27.9. The van der Waals surface area contributed by atoms with Gasteiger partial charge in [0.05, 0.1) is 4.90 Å². The number of rotatable bonds is 6. The van der Waals surface area contributed by atoms with Gasteiger partial charge in [0.1, 0.15) is 0 Å². The van der Waals surface area contributed by atoms with Gasteiger partial charge in [-0.2, -0.15) is 0 Å². The van der Waals surface area contributed by atoms with Crippen LogP contribution < -0.4 is 10.0 Å². The molecule has 0 unspecified atom stereocenters. The Morgan fingerprint density at radius 2 is 1.54 bits per heavy atom. The minimum absolute atomic E-state index is 0.0195. The zero-order chi connectivity index (χ0) is 20.2. The van der Waals surface area contributed by atoms with Crippen LogP contribution in [-0.2, 0) is 22.0 Å². The molecule has 0 amide bonds. The fourth-order valence-corrected chi connectivity index (χ4v) is 3.77. The van der Waals surface area contributed by atoms with Crippen LogP contribution in [0.3, 0.4) is 0 Å². The Morgan fingerprint density at radius 1 is 0.893 bits per heavy atom. The largest absolute Gasteiger partial charge is 0.381 e. The van der Waals surface area contributed by atoms with Crippen LogP contribution in [0.15, 0.2) is 78.0 Å². The quantitative estimate of drug-likeness (QED) is 0.629. The van der Waals surface area contributed by atoms with Gasteiger partial charge in [-0.25, -0.2) is 8.42 Å². The second-order valence-corrected chi connectivity index (χ2v) is 9.35. The zero-order valence-corrected chi connectivity index (χ0v) is 17.1. The molecule has 0 aliphatic carbocycles. The summed E-state index contributed by atoms with van der Waals surface area (Å²) in [4.78, 5) is 4.33. The number of pyridine rings is 1. The first-order valence-corrected chi connectivity index (χ1v) is 10.6. The van der Waals surface area contributed by atoms with Gasteiger partial charge in [-0.1, -0.05) is 39.0 Å². The van der Waals surface area contributed by atoms with Crippen LogP contribution in [0.1, 0.15) is 31.9 Å². The zero-order valence-electron chi connectivity index (χ0n) is 16.3. The molecule has 146 valence electrons. The predicted molar refractivity (Wildman–Crippen MR) is 114 cm³/mol. The Labute approximate surface area is 166 Å². The fourth-order valence-electron chi connectivity index (χ4n) is 2.71. The molecule has 5 nitrogen and oxygen atoms in total. The SMILES string of the molecule is CC(C)(C)c1ccc(S(=O)(=O)Nc2ccc(NCc3cccnc3)cc2)cc1. The number of aromatic nitrogens is 1. The van der Waals surface area contributed by atoms with Gasteiger partial charge >= 0.3 is 0 Å². The van der Waals surface area contributed by atoms with E-state index in [1.165, 1.54) is 0 Å². The van der Waals surface area contributed by atoms with E-state index in [1.807, 2.05) is 36.4 Å². The first-order valence-electron chi connectivity index (χ1n) is 9.10. The van der Waals surface area contributed by atoms with Crippen molar-refractivity contribution in [1.82, 2.24) is 4.98 Å². The maximum Gasteiger partial charge on any atom is 0.261 e. The lowest BCUT2D eigenvalue weighted by Crippen LogP contribution is -2.15. The third kappa shape index (κ3) is 5.10. The molecule has 3 rings (SSSR count). The highest BCUT2D eigenvalue weighted by Gasteiger charge is 2.17. The van der Waals surface area contributed by atoms with E-state index in [4.69, 9.17) is 0 Å². The van der Waals surface area contributed by atoms with E-state index in [0.717, 1.165) is 16.8 Å². The van der Waals surface area contributed by atoms with Gasteiger partial charge in [-0.3, -0.25) is 9.71 Å². The van der Waals surface area contributed by atoms with Crippen molar-refractivity contribution >= 4 is 21.4 Å². The summed E-state index contributed by atoms with van der Waals surface area (Å²) in [5, 5.41) is 3.29. The summed E-state index contributed by atoms with van der Waals surface area (Å²) in [7, 11) is -3.62. The predicted octanol–water partition coefficient (Wildman–Crippen LogP) is 4.79. The number of sulfonamides is 1. The van der Waals surface area contributed by atoms with Crippen molar-refractivity contribution in [1.29, 1.82) is 0 Å². The van der Waals surface area contributed by atoms with Crippen molar-refractivity contribution in [2.75, 3.05) is 10.0 Å². The Morgan fingerprint density at radius 3 is 2.11 bits per heavy atom. The maximum absolute atomic E-state index is 12.6. The van der Waals surface area contributed by atoms with Crippen LogP contribution in [0.2, 0.25) is 0 Å². The molecule has 28 heavy (non-hydrogen) atoms. The molecule has 1 aromatic heterocycles. The number of nitrogens with zero attached hydrogens (tertiary/aromatic N) is 1. The van der Waals surface area contributed by atoms with E-state index in [-0.39, 0.29) is 10.3 Å². The minimum Gasteiger partial charge on any atom is -0.381 e. The van der Waals surface area contributed by atoms with Crippen molar-refractivity contribution in [3.8, 4) is 0 Å². The molecule has 0 aliphatic heterocycles. The molecular formula is C22H25N3O2S. The van der Waals surface area contributed by atoms with Crippen molar-refractivity contribution in [2.24, 2.45) is 0 Å². The van der Waals surface area contributed by atoms with Gasteiger partial charge in [0, 0.05) is 30.3 Å². The molecule has 6 heteroatoms. The molecule has 0 bridgehead atoms. The third-order valence-electron chi connectivity index (χ3n) is 4.39. The molecule has 2 aromatic carbocycles. The van der Waals surface area contributed by atoms with E-state index >= 15 is 0 Å². The maximum atomic E-state index is 12.6. The summed E-state index contributed by atoms with van der Waals surface area (Å²) in [5.74, 6) is 0. The standard InChI is InChI=1S/C22H25N3O2S/c1-22(2,3)18-6-12-21(13-7-18)28(26,27)25-20-10-8-19(9-11-20)24-16-17-5-4-14-23-15-17/h4-15,24-25H,16H2,1-3H3.